The van der Waals surface area contributed by atoms with E-state index in [4.69, 9.17) is 10.5 Å². The maximum absolute atomic E-state index is 14.3. The molecule has 0 amide bonds. The van der Waals surface area contributed by atoms with Crippen LogP contribution >= 0.6 is 15.9 Å². The summed E-state index contributed by atoms with van der Waals surface area (Å²) in [5, 5.41) is 0. The minimum Gasteiger partial charge on any atom is -0.496 e. The van der Waals surface area contributed by atoms with Crippen LogP contribution in [0.1, 0.15) is 11.1 Å². The maximum Gasteiger partial charge on any atom is 0.298 e. The van der Waals surface area contributed by atoms with Crippen LogP contribution in [0.15, 0.2) is 46.9 Å². The molecule has 100 valence electrons. The monoisotopic (exact) mass is 327 g/mol. The molecule has 2 rings (SSSR count). The van der Waals surface area contributed by atoms with E-state index >= 15 is 0 Å². The lowest BCUT2D eigenvalue weighted by molar-refractivity contribution is 0.0427. The van der Waals surface area contributed by atoms with Crippen LogP contribution < -0.4 is 10.5 Å². The number of nitrogens with two attached hydrogens (primary N) is 1. The summed E-state index contributed by atoms with van der Waals surface area (Å²) in [5.74, 6) is -2.57. The minimum absolute atomic E-state index is 0.0984. The molecular weight excluding hydrogens is 316 g/mol. The normalized spacial score (nSPS) is 11.4. The van der Waals surface area contributed by atoms with E-state index in [9.17, 15) is 8.78 Å². The fourth-order valence-corrected chi connectivity index (χ4v) is 2.26. The predicted molar refractivity (Wildman–Crippen MR) is 74.5 cm³/mol. The number of halogens is 3. The van der Waals surface area contributed by atoms with Gasteiger partial charge in [0.1, 0.15) is 5.75 Å². The van der Waals surface area contributed by atoms with E-state index in [2.05, 4.69) is 15.9 Å². The third-order valence-electron chi connectivity index (χ3n) is 2.79. The second-order valence-corrected chi connectivity index (χ2v) is 4.90. The molecule has 2 aromatic carbocycles. The maximum atomic E-state index is 14.3. The van der Waals surface area contributed by atoms with Crippen molar-refractivity contribution in [2.24, 2.45) is 0 Å². The van der Waals surface area contributed by atoms with Gasteiger partial charge in [-0.15, -0.1) is 0 Å². The molecule has 0 aliphatic rings. The lowest BCUT2D eigenvalue weighted by Crippen LogP contribution is -2.15. The van der Waals surface area contributed by atoms with E-state index < -0.39 is 5.92 Å². The Morgan fingerprint density at radius 2 is 1.63 bits per heavy atom. The van der Waals surface area contributed by atoms with Crippen molar-refractivity contribution < 1.29 is 13.5 Å². The molecule has 0 fully saturated rings. The first kappa shape index (κ1) is 13.8. The van der Waals surface area contributed by atoms with E-state index in [1.54, 1.807) is 0 Å². The van der Waals surface area contributed by atoms with E-state index in [1.165, 1.54) is 49.6 Å². The fraction of sp³-hybridized carbons (Fsp3) is 0.143. The zero-order valence-electron chi connectivity index (χ0n) is 10.2. The van der Waals surface area contributed by atoms with Crippen LogP contribution in [0.4, 0.5) is 14.5 Å². The average molecular weight is 328 g/mol. The predicted octanol–water partition coefficient (Wildman–Crippen LogP) is 4.18. The van der Waals surface area contributed by atoms with Gasteiger partial charge in [-0.1, -0.05) is 12.1 Å². The highest BCUT2D eigenvalue weighted by molar-refractivity contribution is 9.10. The van der Waals surface area contributed by atoms with Crippen molar-refractivity contribution >= 4 is 21.6 Å². The van der Waals surface area contributed by atoms with Crippen molar-refractivity contribution in [1.82, 2.24) is 0 Å². The Kier molecular flexibility index (Phi) is 3.75. The summed E-state index contributed by atoms with van der Waals surface area (Å²) >= 11 is 3.21. The molecule has 0 bridgehead atoms. The molecule has 2 nitrogen and oxygen atoms in total. The molecule has 0 aromatic heterocycles. The van der Waals surface area contributed by atoms with Gasteiger partial charge in [0.15, 0.2) is 0 Å². The molecule has 0 saturated heterocycles. The number of nitrogen functional groups attached to an aromatic ring is 1. The van der Waals surface area contributed by atoms with Crippen LogP contribution in [0, 0.1) is 0 Å². The summed E-state index contributed by atoms with van der Waals surface area (Å²) in [5.41, 5.74) is 5.75. The fourth-order valence-electron chi connectivity index (χ4n) is 1.72. The third kappa shape index (κ3) is 2.71. The van der Waals surface area contributed by atoms with Gasteiger partial charge >= 0.3 is 0 Å². The van der Waals surface area contributed by atoms with Crippen molar-refractivity contribution in [2.45, 2.75) is 5.92 Å². The second-order valence-electron chi connectivity index (χ2n) is 4.05. The van der Waals surface area contributed by atoms with Gasteiger partial charge < -0.3 is 10.5 Å². The summed E-state index contributed by atoms with van der Waals surface area (Å²) in [7, 11) is 1.48. The number of ether oxygens (including phenoxy) is 1. The number of alkyl halides is 2. The van der Waals surface area contributed by atoms with Gasteiger partial charge in [0, 0.05) is 16.8 Å². The quantitative estimate of drug-likeness (QED) is 0.858. The first-order valence-electron chi connectivity index (χ1n) is 5.53. The molecule has 0 atom stereocenters. The summed E-state index contributed by atoms with van der Waals surface area (Å²) in [6.45, 7) is 0. The van der Waals surface area contributed by atoms with Crippen LogP contribution in [-0.2, 0) is 5.92 Å². The zero-order valence-corrected chi connectivity index (χ0v) is 11.7. The number of benzene rings is 2. The van der Waals surface area contributed by atoms with Gasteiger partial charge in [-0.25, -0.2) is 0 Å². The molecule has 0 heterocycles. The molecule has 0 radical (unpaired) electrons. The third-order valence-corrected chi connectivity index (χ3v) is 3.41. The van der Waals surface area contributed by atoms with Crippen molar-refractivity contribution in [3.05, 3.63) is 58.1 Å². The SMILES string of the molecule is COc1ccc(C(F)(F)c2ccc(N)cc2)cc1Br. The molecule has 0 unspecified atom stereocenters. The molecule has 5 heteroatoms. The molecule has 19 heavy (non-hydrogen) atoms. The summed E-state index contributed by atoms with van der Waals surface area (Å²) in [4.78, 5) is 0. The average Bonchev–Trinajstić information content (AvgIpc) is 2.39. The molecular formula is C14H12BrF2NO. The Hall–Kier alpha value is -1.62. The van der Waals surface area contributed by atoms with Crippen LogP contribution in [0.3, 0.4) is 0 Å². The second kappa shape index (κ2) is 5.17. The van der Waals surface area contributed by atoms with Gasteiger partial charge in [0.2, 0.25) is 0 Å². The molecule has 0 aliphatic heterocycles. The molecule has 0 saturated carbocycles. The van der Waals surface area contributed by atoms with E-state index in [0.717, 1.165) is 0 Å². The van der Waals surface area contributed by atoms with Crippen LogP contribution in [-0.4, -0.2) is 7.11 Å². The highest BCUT2D eigenvalue weighted by atomic mass is 79.9. The number of methoxy groups -OCH3 is 1. The summed E-state index contributed by atoms with van der Waals surface area (Å²) < 4.78 is 34.2. The van der Waals surface area contributed by atoms with Crippen molar-refractivity contribution in [1.29, 1.82) is 0 Å². The Balaban J connectivity index is 2.43. The minimum atomic E-state index is -3.08. The number of hydrogen-bond acceptors (Lipinski definition) is 2. The van der Waals surface area contributed by atoms with E-state index in [1.807, 2.05) is 0 Å². The number of anilines is 1. The van der Waals surface area contributed by atoms with Crippen LogP contribution in [0.2, 0.25) is 0 Å². The number of rotatable bonds is 3. The smallest absolute Gasteiger partial charge is 0.298 e. The largest absolute Gasteiger partial charge is 0.496 e. The van der Waals surface area contributed by atoms with E-state index in [0.29, 0.717) is 15.9 Å². The Morgan fingerprint density at radius 3 is 2.16 bits per heavy atom. The highest BCUT2D eigenvalue weighted by Crippen LogP contribution is 2.38. The first-order valence-corrected chi connectivity index (χ1v) is 6.32. The lowest BCUT2D eigenvalue weighted by atomic mass is 10.00. The standard InChI is InChI=1S/C14H12BrF2NO/c1-19-13-7-4-10(8-12(13)15)14(16,17)9-2-5-11(18)6-3-9/h2-8H,18H2,1H3. The zero-order chi connectivity index (χ0) is 14.0. The molecule has 0 aliphatic carbocycles. The van der Waals surface area contributed by atoms with Crippen LogP contribution in [0.5, 0.6) is 5.75 Å². The van der Waals surface area contributed by atoms with Crippen molar-refractivity contribution in [3.8, 4) is 5.75 Å². The Morgan fingerprint density at radius 1 is 1.05 bits per heavy atom. The topological polar surface area (TPSA) is 35.2 Å². The first-order chi connectivity index (χ1) is 8.95. The van der Waals surface area contributed by atoms with Gasteiger partial charge in [-0.2, -0.15) is 8.78 Å². The van der Waals surface area contributed by atoms with Gasteiger partial charge in [0.25, 0.3) is 5.92 Å². The molecule has 0 spiro atoms. The van der Waals surface area contributed by atoms with Crippen LogP contribution in [0.25, 0.3) is 0 Å². The Labute approximate surface area is 118 Å². The lowest BCUT2D eigenvalue weighted by Gasteiger charge is -2.18. The summed E-state index contributed by atoms with van der Waals surface area (Å²) in [6, 6.07) is 9.78. The van der Waals surface area contributed by atoms with E-state index in [-0.39, 0.29) is 11.1 Å². The Bertz CT molecular complexity index is 584. The molecule has 2 aromatic rings. The number of hydrogen-bond donors (Lipinski definition) is 1. The van der Waals surface area contributed by atoms with Crippen molar-refractivity contribution in [2.75, 3.05) is 12.8 Å². The van der Waals surface area contributed by atoms with Crippen molar-refractivity contribution in [3.63, 3.8) is 0 Å². The highest BCUT2D eigenvalue weighted by Gasteiger charge is 2.34. The van der Waals surface area contributed by atoms with Gasteiger partial charge in [-0.05, 0) is 46.3 Å². The molecule has 2 N–H and O–H groups in total. The summed E-state index contributed by atoms with van der Waals surface area (Å²) in [6.07, 6.45) is 0. The van der Waals surface area contributed by atoms with Gasteiger partial charge in [-0.3, -0.25) is 0 Å². The van der Waals surface area contributed by atoms with Gasteiger partial charge in [0.05, 0.1) is 11.6 Å².